The molecule has 0 aliphatic carbocycles. The quantitative estimate of drug-likeness (QED) is 0.541. The van der Waals surface area contributed by atoms with E-state index >= 15 is 0 Å². The van der Waals surface area contributed by atoms with E-state index < -0.39 is 37.3 Å². The van der Waals surface area contributed by atoms with Gasteiger partial charge in [-0.2, -0.15) is 0 Å². The number of benzene rings is 1. The maximum Gasteiger partial charge on any atom is 0.231 e. The van der Waals surface area contributed by atoms with Crippen LogP contribution in [0.2, 0.25) is 5.02 Å². The molecule has 0 amide bonds. The second-order valence-electron chi connectivity index (χ2n) is 5.13. The van der Waals surface area contributed by atoms with E-state index in [1.54, 1.807) is 12.1 Å². The molecule has 7 nitrogen and oxygen atoms in total. The van der Waals surface area contributed by atoms with E-state index in [1.807, 2.05) is 12.1 Å². The monoisotopic (exact) mass is 329 g/mol. The maximum absolute atomic E-state index is 9.95. The average Bonchev–Trinajstić information content (AvgIpc) is 2.84. The Morgan fingerprint density at radius 3 is 2.55 bits per heavy atom. The lowest BCUT2D eigenvalue weighted by Gasteiger charge is -2.39. The highest BCUT2D eigenvalue weighted by molar-refractivity contribution is 6.37. The number of para-hydroxylation sites is 1. The van der Waals surface area contributed by atoms with Gasteiger partial charge in [0.05, 0.1) is 6.61 Å². The lowest BCUT2D eigenvalue weighted by Crippen LogP contribution is -2.60. The van der Waals surface area contributed by atoms with Gasteiger partial charge in [0.1, 0.15) is 29.4 Å². The summed E-state index contributed by atoms with van der Waals surface area (Å²) in [5.41, 5.74) is 0.743. The fourth-order valence-electron chi connectivity index (χ4n) is 2.45. The normalized spacial score (nSPS) is 32.3. The summed E-state index contributed by atoms with van der Waals surface area (Å²) in [6.07, 6.45) is -6.73. The van der Waals surface area contributed by atoms with Gasteiger partial charge in [-0.15, -0.1) is 0 Å². The van der Waals surface area contributed by atoms with Gasteiger partial charge in [-0.1, -0.05) is 29.8 Å². The number of rotatable bonds is 3. The number of nitrogens with one attached hydrogen (secondary N) is 1. The standard InChI is InChI=1S/C14H16ClNO6/c15-9-6-3-1-2-4-7(6)16-13(9)22-14-12(20)11(19)10(18)8(5-17)21-14/h1-4,8,10-12,14,16-20H,5H2/t8-,10+,11+,12-,14?/m1/s1. The Labute approximate surface area is 130 Å². The molecule has 22 heavy (non-hydrogen) atoms. The van der Waals surface area contributed by atoms with Crippen molar-refractivity contribution in [2.24, 2.45) is 0 Å². The smallest absolute Gasteiger partial charge is 0.231 e. The highest BCUT2D eigenvalue weighted by atomic mass is 35.5. The van der Waals surface area contributed by atoms with Gasteiger partial charge in [-0.05, 0) is 6.07 Å². The van der Waals surface area contributed by atoms with Crippen LogP contribution in [-0.2, 0) is 4.74 Å². The first-order valence-corrected chi connectivity index (χ1v) is 7.14. The van der Waals surface area contributed by atoms with Gasteiger partial charge in [0.25, 0.3) is 0 Å². The van der Waals surface area contributed by atoms with Crippen LogP contribution in [0, 0.1) is 0 Å². The van der Waals surface area contributed by atoms with Crippen molar-refractivity contribution in [2.45, 2.75) is 30.7 Å². The van der Waals surface area contributed by atoms with E-state index in [1.165, 1.54) is 0 Å². The second-order valence-corrected chi connectivity index (χ2v) is 5.51. The molecule has 1 fully saturated rings. The zero-order valence-electron chi connectivity index (χ0n) is 11.4. The van der Waals surface area contributed by atoms with Crippen LogP contribution < -0.4 is 4.74 Å². The third kappa shape index (κ3) is 2.56. The Morgan fingerprint density at radius 1 is 1.14 bits per heavy atom. The molecule has 1 unspecified atom stereocenters. The Balaban J connectivity index is 1.85. The molecule has 0 radical (unpaired) electrons. The van der Waals surface area contributed by atoms with Crippen LogP contribution >= 0.6 is 11.6 Å². The number of aromatic nitrogens is 1. The van der Waals surface area contributed by atoms with E-state index in [0.29, 0.717) is 5.02 Å². The molecule has 0 spiro atoms. The molecule has 0 bridgehead atoms. The molecule has 8 heteroatoms. The average molecular weight is 330 g/mol. The highest BCUT2D eigenvalue weighted by Crippen LogP contribution is 2.34. The molecular weight excluding hydrogens is 314 g/mol. The number of halogens is 1. The molecule has 1 aliphatic heterocycles. The Hall–Kier alpha value is -1.35. The van der Waals surface area contributed by atoms with Crippen molar-refractivity contribution >= 4 is 22.5 Å². The topological polar surface area (TPSA) is 115 Å². The predicted octanol–water partition coefficient (Wildman–Crippen LogP) is -0.0000000000000000555. The van der Waals surface area contributed by atoms with Crippen LogP contribution in [0.3, 0.4) is 0 Å². The number of aromatic amines is 1. The number of ether oxygens (including phenoxy) is 2. The SMILES string of the molecule is OC[C@H]1OC(Oc2[nH]c3ccccc3c2Cl)[C@H](O)[C@@H](O)[C@H]1O. The number of aliphatic hydroxyl groups is 4. The van der Waals surface area contributed by atoms with E-state index in [0.717, 1.165) is 10.9 Å². The van der Waals surface area contributed by atoms with Crippen molar-refractivity contribution in [3.05, 3.63) is 29.3 Å². The lowest BCUT2D eigenvalue weighted by molar-refractivity contribution is -0.278. The van der Waals surface area contributed by atoms with E-state index in [2.05, 4.69) is 4.98 Å². The summed E-state index contributed by atoms with van der Waals surface area (Å²) in [5.74, 6) is 0.173. The number of hydrogen-bond donors (Lipinski definition) is 5. The van der Waals surface area contributed by atoms with Gasteiger partial charge >= 0.3 is 0 Å². The first-order valence-electron chi connectivity index (χ1n) is 6.76. The third-order valence-electron chi connectivity index (χ3n) is 3.69. The summed E-state index contributed by atoms with van der Waals surface area (Å²) >= 11 is 6.20. The fourth-order valence-corrected chi connectivity index (χ4v) is 2.70. The van der Waals surface area contributed by atoms with Crippen LogP contribution in [0.15, 0.2) is 24.3 Å². The Bertz CT molecular complexity index is 660. The zero-order valence-corrected chi connectivity index (χ0v) is 12.1. The molecule has 1 saturated heterocycles. The minimum Gasteiger partial charge on any atom is -0.445 e. The summed E-state index contributed by atoms with van der Waals surface area (Å²) in [5, 5.41) is 39.6. The highest BCUT2D eigenvalue weighted by Gasteiger charge is 2.45. The van der Waals surface area contributed by atoms with Crippen molar-refractivity contribution in [3.8, 4) is 5.88 Å². The molecule has 1 aromatic heterocycles. The number of H-pyrrole nitrogens is 1. The fraction of sp³-hybridized carbons (Fsp3) is 0.429. The van der Waals surface area contributed by atoms with Crippen molar-refractivity contribution < 1.29 is 29.9 Å². The van der Waals surface area contributed by atoms with Gasteiger partial charge in [0.15, 0.2) is 0 Å². The zero-order chi connectivity index (χ0) is 15.9. The van der Waals surface area contributed by atoms with Crippen molar-refractivity contribution in [1.82, 2.24) is 4.98 Å². The van der Waals surface area contributed by atoms with Crippen LogP contribution in [0.1, 0.15) is 0 Å². The van der Waals surface area contributed by atoms with Crippen molar-refractivity contribution in [1.29, 1.82) is 0 Å². The predicted molar refractivity (Wildman–Crippen MR) is 77.7 cm³/mol. The lowest BCUT2D eigenvalue weighted by atomic mass is 9.99. The molecule has 0 saturated carbocycles. The summed E-state index contributed by atoms with van der Waals surface area (Å²) in [6, 6.07) is 7.25. The van der Waals surface area contributed by atoms with Crippen molar-refractivity contribution in [3.63, 3.8) is 0 Å². The van der Waals surface area contributed by atoms with E-state index in [9.17, 15) is 15.3 Å². The molecule has 5 atom stereocenters. The minimum absolute atomic E-state index is 0.173. The van der Waals surface area contributed by atoms with Gasteiger partial charge in [0, 0.05) is 10.9 Å². The van der Waals surface area contributed by atoms with Crippen LogP contribution in [0.5, 0.6) is 5.88 Å². The van der Waals surface area contributed by atoms with Gasteiger partial charge < -0.3 is 34.9 Å². The van der Waals surface area contributed by atoms with Crippen LogP contribution in [-0.4, -0.2) is 62.7 Å². The number of fused-ring (bicyclic) bond motifs is 1. The molecule has 1 aliphatic rings. The molecular formula is C14H16ClNO6. The number of hydrogen-bond acceptors (Lipinski definition) is 6. The first kappa shape index (κ1) is 15.5. The second kappa shape index (κ2) is 6.04. The molecule has 2 heterocycles. The minimum atomic E-state index is -1.50. The van der Waals surface area contributed by atoms with E-state index in [4.69, 9.17) is 26.2 Å². The van der Waals surface area contributed by atoms with Crippen LogP contribution in [0.4, 0.5) is 0 Å². The Morgan fingerprint density at radius 2 is 1.86 bits per heavy atom. The summed E-state index contributed by atoms with van der Waals surface area (Å²) in [7, 11) is 0. The number of aliphatic hydroxyl groups excluding tert-OH is 4. The van der Waals surface area contributed by atoms with Gasteiger partial charge in [-0.25, -0.2) is 0 Å². The van der Waals surface area contributed by atoms with E-state index in [-0.39, 0.29) is 5.88 Å². The summed E-state index contributed by atoms with van der Waals surface area (Å²) in [4.78, 5) is 2.94. The Kier molecular flexibility index (Phi) is 4.26. The molecule has 120 valence electrons. The molecule has 2 aromatic rings. The van der Waals surface area contributed by atoms with Crippen molar-refractivity contribution in [2.75, 3.05) is 6.61 Å². The largest absolute Gasteiger partial charge is 0.445 e. The third-order valence-corrected chi connectivity index (χ3v) is 4.07. The first-order chi connectivity index (χ1) is 10.5. The maximum atomic E-state index is 9.95. The van der Waals surface area contributed by atoms with Crippen LogP contribution in [0.25, 0.3) is 10.9 Å². The molecule has 5 N–H and O–H groups in total. The van der Waals surface area contributed by atoms with Gasteiger partial charge in [0.2, 0.25) is 12.2 Å². The summed E-state index contributed by atoms with van der Waals surface area (Å²) < 4.78 is 10.8. The van der Waals surface area contributed by atoms with Gasteiger partial charge in [-0.3, -0.25) is 0 Å². The molecule has 1 aromatic carbocycles. The summed E-state index contributed by atoms with van der Waals surface area (Å²) in [6.45, 7) is -0.523. The molecule has 3 rings (SSSR count).